The Balaban J connectivity index is 1.93. The third-order valence-corrected chi connectivity index (χ3v) is 4.59. The van der Waals surface area contributed by atoms with Crippen molar-refractivity contribution in [3.05, 3.63) is 28.7 Å². The molecular formula is C11H16N2O3S. The lowest BCUT2D eigenvalue weighted by Gasteiger charge is -2.25. The Morgan fingerprint density at radius 2 is 2.12 bits per heavy atom. The molecule has 0 aliphatic heterocycles. The van der Waals surface area contributed by atoms with E-state index in [1.54, 1.807) is 0 Å². The van der Waals surface area contributed by atoms with Gasteiger partial charge in [-0.3, -0.25) is 4.79 Å². The molecule has 2 N–H and O–H groups in total. The van der Waals surface area contributed by atoms with Gasteiger partial charge in [-0.25, -0.2) is 13.1 Å². The molecule has 0 atom stereocenters. The van der Waals surface area contributed by atoms with E-state index in [0.717, 1.165) is 6.42 Å². The van der Waals surface area contributed by atoms with E-state index >= 15 is 0 Å². The Morgan fingerprint density at radius 3 is 2.65 bits per heavy atom. The second-order valence-corrected chi connectivity index (χ2v) is 6.14. The molecule has 0 saturated heterocycles. The average Bonchev–Trinajstić information content (AvgIpc) is 2.22. The van der Waals surface area contributed by atoms with Crippen LogP contribution < -0.4 is 10.3 Å². The minimum Gasteiger partial charge on any atom is -0.328 e. The molecule has 0 bridgehead atoms. The number of H-pyrrole nitrogens is 1. The first kappa shape index (κ1) is 12.3. The van der Waals surface area contributed by atoms with Gasteiger partial charge in [-0.2, -0.15) is 0 Å². The highest BCUT2D eigenvalue weighted by Gasteiger charge is 2.19. The van der Waals surface area contributed by atoms with E-state index in [1.165, 1.54) is 37.6 Å². The summed E-state index contributed by atoms with van der Waals surface area (Å²) in [6.45, 7) is 0.464. The minimum atomic E-state index is -3.48. The van der Waals surface area contributed by atoms with Crippen molar-refractivity contribution < 1.29 is 8.42 Å². The molecule has 2 rings (SSSR count). The van der Waals surface area contributed by atoms with Crippen LogP contribution in [0.1, 0.15) is 25.7 Å². The number of sulfonamides is 1. The number of aromatic nitrogens is 1. The maximum Gasteiger partial charge on any atom is 0.247 e. The van der Waals surface area contributed by atoms with Crippen molar-refractivity contribution in [2.24, 2.45) is 5.92 Å². The van der Waals surface area contributed by atoms with Crippen LogP contribution in [0.15, 0.2) is 28.0 Å². The van der Waals surface area contributed by atoms with Crippen molar-refractivity contribution in [3.63, 3.8) is 0 Å². The summed E-state index contributed by atoms with van der Waals surface area (Å²) in [5, 5.41) is 0. The molecule has 1 aromatic rings. The third-order valence-electron chi connectivity index (χ3n) is 3.14. The van der Waals surface area contributed by atoms with E-state index in [9.17, 15) is 13.2 Å². The van der Waals surface area contributed by atoms with Crippen molar-refractivity contribution in [2.75, 3.05) is 6.54 Å². The monoisotopic (exact) mass is 256 g/mol. The Kier molecular flexibility index (Phi) is 3.63. The maximum absolute atomic E-state index is 11.8. The van der Waals surface area contributed by atoms with Gasteiger partial charge in [-0.15, -0.1) is 0 Å². The second-order valence-electron chi connectivity index (χ2n) is 4.37. The van der Waals surface area contributed by atoms with Crippen molar-refractivity contribution in [2.45, 2.75) is 30.6 Å². The van der Waals surface area contributed by atoms with Crippen LogP contribution >= 0.6 is 0 Å². The van der Waals surface area contributed by atoms with Gasteiger partial charge in [0.1, 0.15) is 0 Å². The first-order valence-corrected chi connectivity index (χ1v) is 7.25. The lowest BCUT2D eigenvalue weighted by atomic mass is 9.83. The summed E-state index contributed by atoms with van der Waals surface area (Å²) in [6, 6.07) is 2.52. The summed E-state index contributed by atoms with van der Waals surface area (Å²) in [4.78, 5) is 13.3. The molecule has 1 aromatic heterocycles. The zero-order valence-electron chi connectivity index (χ0n) is 9.48. The van der Waals surface area contributed by atoms with Gasteiger partial charge in [0.25, 0.3) is 0 Å². The predicted molar refractivity (Wildman–Crippen MR) is 64.2 cm³/mol. The highest BCUT2D eigenvalue weighted by Crippen LogP contribution is 2.28. The standard InChI is InChI=1S/C11H16N2O3S/c14-11-5-4-10(8-12-11)17(15,16)13-7-6-9-2-1-3-9/h4-5,8-9,13H,1-3,6-7H2,(H,12,14). The summed E-state index contributed by atoms with van der Waals surface area (Å²) in [7, 11) is -3.48. The molecule has 94 valence electrons. The van der Waals surface area contributed by atoms with Crippen LogP contribution in [0.5, 0.6) is 0 Å². The van der Waals surface area contributed by atoms with Crippen LogP contribution in [0, 0.1) is 5.92 Å². The molecule has 5 nitrogen and oxygen atoms in total. The van der Waals surface area contributed by atoms with Gasteiger partial charge in [0.2, 0.25) is 15.6 Å². The lowest BCUT2D eigenvalue weighted by molar-refractivity contribution is 0.297. The Bertz CT molecular complexity index is 511. The smallest absolute Gasteiger partial charge is 0.247 e. The Morgan fingerprint density at radius 1 is 1.35 bits per heavy atom. The first-order valence-electron chi connectivity index (χ1n) is 5.76. The zero-order valence-corrected chi connectivity index (χ0v) is 10.3. The van der Waals surface area contributed by atoms with Gasteiger partial charge in [0.15, 0.2) is 0 Å². The normalized spacial score (nSPS) is 16.7. The number of hydrogen-bond acceptors (Lipinski definition) is 3. The van der Waals surface area contributed by atoms with E-state index in [1.807, 2.05) is 0 Å². The molecule has 1 aliphatic rings. The quantitative estimate of drug-likeness (QED) is 0.819. The van der Waals surface area contributed by atoms with Crippen LogP contribution in [0.25, 0.3) is 0 Å². The fourth-order valence-electron chi connectivity index (χ4n) is 1.83. The highest BCUT2D eigenvalue weighted by atomic mass is 32.2. The summed E-state index contributed by atoms with van der Waals surface area (Å²) >= 11 is 0. The molecule has 1 saturated carbocycles. The van der Waals surface area contributed by atoms with Crippen molar-refractivity contribution in [3.8, 4) is 0 Å². The fourth-order valence-corrected chi connectivity index (χ4v) is 2.84. The van der Waals surface area contributed by atoms with Gasteiger partial charge in [-0.05, 0) is 18.4 Å². The number of rotatable bonds is 5. The van der Waals surface area contributed by atoms with Gasteiger partial charge in [0.05, 0.1) is 4.90 Å². The number of aromatic amines is 1. The highest BCUT2D eigenvalue weighted by molar-refractivity contribution is 7.89. The molecule has 17 heavy (non-hydrogen) atoms. The largest absolute Gasteiger partial charge is 0.328 e. The van der Waals surface area contributed by atoms with E-state index in [0.29, 0.717) is 12.5 Å². The molecule has 0 aromatic carbocycles. The van der Waals surface area contributed by atoms with Crippen molar-refractivity contribution >= 4 is 10.0 Å². The predicted octanol–water partition coefficient (Wildman–Crippen LogP) is 0.843. The molecule has 0 radical (unpaired) electrons. The summed E-state index contributed by atoms with van der Waals surface area (Å²) in [5.74, 6) is 0.674. The van der Waals surface area contributed by atoms with E-state index in [-0.39, 0.29) is 10.5 Å². The van der Waals surface area contributed by atoms with Gasteiger partial charge < -0.3 is 4.98 Å². The topological polar surface area (TPSA) is 79.0 Å². The number of hydrogen-bond donors (Lipinski definition) is 2. The maximum atomic E-state index is 11.8. The zero-order chi connectivity index (χ0) is 12.3. The SMILES string of the molecule is O=c1ccc(S(=O)(=O)NCCC2CCC2)c[nH]1. The van der Waals surface area contributed by atoms with Gasteiger partial charge in [0, 0.05) is 18.8 Å². The van der Waals surface area contributed by atoms with Crippen molar-refractivity contribution in [1.29, 1.82) is 0 Å². The molecule has 6 heteroatoms. The number of pyridine rings is 1. The van der Waals surface area contributed by atoms with Gasteiger partial charge in [-0.1, -0.05) is 19.3 Å². The fraction of sp³-hybridized carbons (Fsp3) is 0.545. The second kappa shape index (κ2) is 5.01. The molecule has 0 spiro atoms. The molecule has 0 amide bonds. The van der Waals surface area contributed by atoms with E-state index < -0.39 is 10.0 Å². The van der Waals surface area contributed by atoms with Crippen molar-refractivity contribution in [1.82, 2.24) is 9.71 Å². The number of nitrogens with one attached hydrogen (secondary N) is 2. The summed E-state index contributed by atoms with van der Waals surface area (Å²) in [5.41, 5.74) is -0.307. The van der Waals surface area contributed by atoms with E-state index in [2.05, 4.69) is 9.71 Å². The van der Waals surface area contributed by atoms with Crippen LogP contribution in [-0.4, -0.2) is 19.9 Å². The summed E-state index contributed by atoms with van der Waals surface area (Å²) < 4.78 is 26.1. The summed E-state index contributed by atoms with van der Waals surface area (Å²) in [6.07, 6.45) is 5.79. The average molecular weight is 256 g/mol. The first-order chi connectivity index (χ1) is 8.08. The van der Waals surface area contributed by atoms with Gasteiger partial charge >= 0.3 is 0 Å². The minimum absolute atomic E-state index is 0.103. The Hall–Kier alpha value is -1.14. The molecular weight excluding hydrogens is 240 g/mol. The Labute approximate surface area is 100 Å². The third kappa shape index (κ3) is 3.17. The van der Waals surface area contributed by atoms with Crippen LogP contribution in [0.4, 0.5) is 0 Å². The molecule has 1 fully saturated rings. The lowest BCUT2D eigenvalue weighted by Crippen LogP contribution is -2.28. The molecule has 1 aliphatic carbocycles. The van der Waals surface area contributed by atoms with Crippen LogP contribution in [0.3, 0.4) is 0 Å². The van der Waals surface area contributed by atoms with Crippen LogP contribution in [0.2, 0.25) is 0 Å². The molecule has 1 heterocycles. The van der Waals surface area contributed by atoms with Crippen LogP contribution in [-0.2, 0) is 10.0 Å². The van der Waals surface area contributed by atoms with E-state index in [4.69, 9.17) is 0 Å². The molecule has 0 unspecified atom stereocenters.